The lowest BCUT2D eigenvalue weighted by Gasteiger charge is -2.24. The third kappa shape index (κ3) is 3.10. The highest BCUT2D eigenvalue weighted by Crippen LogP contribution is 2.29. The number of aromatic nitrogens is 1. The first kappa shape index (κ1) is 10.7. The lowest BCUT2D eigenvalue weighted by Crippen LogP contribution is -2.14. The van der Waals surface area contributed by atoms with Crippen molar-refractivity contribution in [2.75, 3.05) is 6.61 Å². The minimum Gasteiger partial charge on any atom is -0.478 e. The quantitative estimate of drug-likeness (QED) is 0.717. The molecule has 1 aromatic rings. The van der Waals surface area contributed by atoms with Crippen LogP contribution in [0.4, 0.5) is 0 Å². The summed E-state index contributed by atoms with van der Waals surface area (Å²) in [5, 5.41) is 0. The van der Waals surface area contributed by atoms with Crippen LogP contribution in [0.2, 0.25) is 0 Å². The average molecular weight is 226 g/mol. The van der Waals surface area contributed by atoms with Crippen molar-refractivity contribution in [2.45, 2.75) is 31.6 Å². The van der Waals surface area contributed by atoms with Crippen LogP contribution >= 0.6 is 11.6 Å². The van der Waals surface area contributed by atoms with Crippen molar-refractivity contribution in [2.24, 2.45) is 5.92 Å². The monoisotopic (exact) mass is 225 g/mol. The molecule has 3 heteroatoms. The van der Waals surface area contributed by atoms with E-state index in [1.807, 2.05) is 12.1 Å². The van der Waals surface area contributed by atoms with E-state index >= 15 is 0 Å². The van der Waals surface area contributed by atoms with Gasteiger partial charge in [-0.1, -0.05) is 19.3 Å². The fourth-order valence-electron chi connectivity index (χ4n) is 1.72. The van der Waals surface area contributed by atoms with E-state index in [0.717, 1.165) is 24.5 Å². The topological polar surface area (TPSA) is 22.1 Å². The van der Waals surface area contributed by atoms with Gasteiger partial charge in [0, 0.05) is 18.1 Å². The zero-order valence-electron chi connectivity index (χ0n) is 8.79. The van der Waals surface area contributed by atoms with Crippen molar-refractivity contribution in [1.29, 1.82) is 0 Å². The van der Waals surface area contributed by atoms with Gasteiger partial charge in [-0.05, 0) is 24.0 Å². The van der Waals surface area contributed by atoms with Crippen LogP contribution < -0.4 is 4.74 Å². The highest BCUT2D eigenvalue weighted by atomic mass is 35.5. The van der Waals surface area contributed by atoms with Gasteiger partial charge in [0.05, 0.1) is 6.61 Å². The second kappa shape index (κ2) is 5.36. The second-order valence-electron chi connectivity index (χ2n) is 4.07. The van der Waals surface area contributed by atoms with E-state index in [9.17, 15) is 0 Å². The standard InChI is InChI=1S/C12H16ClNO/c13-9-11-4-6-14-12(8-11)15-7-5-10-2-1-3-10/h4,6,8,10H,1-3,5,7,9H2. The Labute approximate surface area is 95.6 Å². The summed E-state index contributed by atoms with van der Waals surface area (Å²) in [4.78, 5) is 4.15. The Hall–Kier alpha value is -0.760. The predicted molar refractivity (Wildman–Crippen MR) is 61.2 cm³/mol. The Bertz CT molecular complexity index is 312. The van der Waals surface area contributed by atoms with Gasteiger partial charge >= 0.3 is 0 Å². The molecule has 0 aliphatic heterocycles. The molecule has 1 saturated carbocycles. The van der Waals surface area contributed by atoms with E-state index in [-0.39, 0.29) is 0 Å². The SMILES string of the molecule is ClCc1ccnc(OCCC2CCC2)c1. The Balaban J connectivity index is 1.76. The largest absolute Gasteiger partial charge is 0.478 e. The zero-order valence-corrected chi connectivity index (χ0v) is 9.54. The van der Waals surface area contributed by atoms with Crippen molar-refractivity contribution >= 4 is 11.6 Å². The first-order valence-electron chi connectivity index (χ1n) is 5.52. The molecule has 2 rings (SSSR count). The third-order valence-corrected chi connectivity index (χ3v) is 3.26. The highest BCUT2D eigenvalue weighted by molar-refractivity contribution is 6.17. The summed E-state index contributed by atoms with van der Waals surface area (Å²) >= 11 is 5.73. The molecule has 1 aliphatic rings. The van der Waals surface area contributed by atoms with Gasteiger partial charge in [-0.3, -0.25) is 0 Å². The van der Waals surface area contributed by atoms with Gasteiger partial charge in [-0.15, -0.1) is 11.6 Å². The molecule has 0 aromatic carbocycles. The number of hydrogen-bond acceptors (Lipinski definition) is 2. The number of alkyl halides is 1. The van der Waals surface area contributed by atoms with Crippen molar-refractivity contribution in [3.8, 4) is 5.88 Å². The van der Waals surface area contributed by atoms with Gasteiger partial charge in [0.2, 0.25) is 5.88 Å². The Morgan fingerprint density at radius 3 is 3.00 bits per heavy atom. The normalized spacial score (nSPS) is 16.1. The summed E-state index contributed by atoms with van der Waals surface area (Å²) in [7, 11) is 0. The first-order valence-corrected chi connectivity index (χ1v) is 6.05. The third-order valence-electron chi connectivity index (χ3n) is 2.95. The number of rotatable bonds is 5. The van der Waals surface area contributed by atoms with Crippen LogP contribution in [0.5, 0.6) is 5.88 Å². The Morgan fingerprint density at radius 1 is 1.47 bits per heavy atom. The van der Waals surface area contributed by atoms with Crippen LogP contribution in [0.1, 0.15) is 31.2 Å². The molecule has 0 spiro atoms. The summed E-state index contributed by atoms with van der Waals surface area (Å²) < 4.78 is 5.59. The number of halogens is 1. The number of hydrogen-bond donors (Lipinski definition) is 0. The van der Waals surface area contributed by atoms with Crippen molar-refractivity contribution in [1.82, 2.24) is 4.98 Å². The summed E-state index contributed by atoms with van der Waals surface area (Å²) in [5.74, 6) is 2.11. The smallest absolute Gasteiger partial charge is 0.213 e. The van der Waals surface area contributed by atoms with Crippen LogP contribution in [-0.2, 0) is 5.88 Å². The molecule has 0 unspecified atom stereocenters. The van der Waals surface area contributed by atoms with E-state index in [1.165, 1.54) is 19.3 Å². The van der Waals surface area contributed by atoms with E-state index in [1.54, 1.807) is 6.20 Å². The predicted octanol–water partition coefficient (Wildman–Crippen LogP) is 3.39. The molecular formula is C12H16ClNO. The van der Waals surface area contributed by atoms with Crippen molar-refractivity contribution < 1.29 is 4.74 Å². The molecule has 0 atom stereocenters. The minimum atomic E-state index is 0.515. The fraction of sp³-hybridized carbons (Fsp3) is 0.583. The van der Waals surface area contributed by atoms with Crippen LogP contribution in [-0.4, -0.2) is 11.6 Å². The van der Waals surface area contributed by atoms with E-state index in [4.69, 9.17) is 16.3 Å². The molecule has 0 N–H and O–H groups in total. The van der Waals surface area contributed by atoms with E-state index in [0.29, 0.717) is 11.8 Å². The van der Waals surface area contributed by atoms with Gasteiger partial charge in [0.1, 0.15) is 0 Å². The molecular weight excluding hydrogens is 210 g/mol. The number of ether oxygens (including phenoxy) is 1. The van der Waals surface area contributed by atoms with E-state index in [2.05, 4.69) is 4.98 Å². The molecule has 1 aliphatic carbocycles. The average Bonchev–Trinajstić information content (AvgIpc) is 2.22. The summed E-state index contributed by atoms with van der Waals surface area (Å²) in [6.45, 7) is 0.781. The van der Waals surface area contributed by atoms with Gasteiger partial charge in [-0.2, -0.15) is 0 Å². The molecule has 1 aromatic heterocycles. The van der Waals surface area contributed by atoms with Crippen LogP contribution in [0.25, 0.3) is 0 Å². The molecule has 2 nitrogen and oxygen atoms in total. The maximum Gasteiger partial charge on any atom is 0.213 e. The molecule has 0 amide bonds. The highest BCUT2D eigenvalue weighted by Gasteiger charge is 2.16. The minimum absolute atomic E-state index is 0.515. The molecule has 1 fully saturated rings. The van der Waals surface area contributed by atoms with Crippen LogP contribution in [0, 0.1) is 5.92 Å². The van der Waals surface area contributed by atoms with E-state index < -0.39 is 0 Å². The van der Waals surface area contributed by atoms with Crippen LogP contribution in [0.15, 0.2) is 18.3 Å². The first-order chi connectivity index (χ1) is 7.38. The van der Waals surface area contributed by atoms with Crippen molar-refractivity contribution in [3.63, 3.8) is 0 Å². The van der Waals surface area contributed by atoms with Gasteiger partial charge in [0.25, 0.3) is 0 Å². The molecule has 0 saturated heterocycles. The summed E-state index contributed by atoms with van der Waals surface area (Å²) in [6.07, 6.45) is 7.05. The Morgan fingerprint density at radius 2 is 2.33 bits per heavy atom. The number of pyridine rings is 1. The molecule has 82 valence electrons. The summed E-state index contributed by atoms with van der Waals surface area (Å²) in [5.41, 5.74) is 1.06. The maximum atomic E-state index is 5.73. The van der Waals surface area contributed by atoms with Gasteiger partial charge in [0.15, 0.2) is 0 Å². The van der Waals surface area contributed by atoms with Crippen LogP contribution in [0.3, 0.4) is 0 Å². The lowest BCUT2D eigenvalue weighted by molar-refractivity contribution is 0.217. The number of nitrogens with zero attached hydrogens (tertiary/aromatic N) is 1. The Kier molecular flexibility index (Phi) is 3.84. The fourth-order valence-corrected chi connectivity index (χ4v) is 1.89. The molecule has 1 heterocycles. The molecule has 0 radical (unpaired) electrons. The lowest BCUT2D eigenvalue weighted by atomic mass is 9.83. The molecule has 0 bridgehead atoms. The summed E-state index contributed by atoms with van der Waals surface area (Å²) in [6, 6.07) is 3.82. The van der Waals surface area contributed by atoms with Crippen molar-refractivity contribution in [3.05, 3.63) is 23.9 Å². The maximum absolute atomic E-state index is 5.73. The zero-order chi connectivity index (χ0) is 10.5. The van der Waals surface area contributed by atoms with Gasteiger partial charge < -0.3 is 4.74 Å². The second-order valence-corrected chi connectivity index (χ2v) is 4.34. The van der Waals surface area contributed by atoms with Gasteiger partial charge in [-0.25, -0.2) is 4.98 Å². The molecule has 15 heavy (non-hydrogen) atoms.